The second-order valence-corrected chi connectivity index (χ2v) is 4.57. The lowest BCUT2D eigenvalue weighted by molar-refractivity contribution is 0.0961. The Bertz CT molecular complexity index is 651. The lowest BCUT2D eigenvalue weighted by Crippen LogP contribution is -2.17. The fraction of sp³-hybridized carbons (Fsp3) is 0.125. The number of nitrogens with one attached hydrogen (secondary N) is 2. The Balaban J connectivity index is 2.01. The van der Waals surface area contributed by atoms with Crippen molar-refractivity contribution in [3.8, 4) is 0 Å². The molecule has 2 aromatic carbocycles. The summed E-state index contributed by atoms with van der Waals surface area (Å²) in [7, 11) is 1.60. The zero-order valence-corrected chi connectivity index (χ0v) is 11.7. The Kier molecular flexibility index (Phi) is 4.56. The molecule has 0 fully saturated rings. The standard InChI is InChI=1S/C16H17N3O2/c1-18-16(21)12-7-5-11(6-8-12)10-19-14-4-2-3-13(9-14)15(17)20/h2-9,19H,10H2,1H3,(H2,17,20)(H,18,21). The zero-order valence-electron chi connectivity index (χ0n) is 11.7. The van der Waals surface area contributed by atoms with Crippen LogP contribution in [0.2, 0.25) is 0 Å². The second kappa shape index (κ2) is 6.56. The summed E-state index contributed by atoms with van der Waals surface area (Å²) in [6.45, 7) is 0.593. The minimum absolute atomic E-state index is 0.108. The van der Waals surface area contributed by atoms with Crippen molar-refractivity contribution in [3.05, 3.63) is 65.2 Å². The van der Waals surface area contributed by atoms with Crippen LogP contribution in [0.5, 0.6) is 0 Å². The van der Waals surface area contributed by atoms with Crippen molar-refractivity contribution >= 4 is 17.5 Å². The van der Waals surface area contributed by atoms with Crippen LogP contribution in [0.4, 0.5) is 5.69 Å². The van der Waals surface area contributed by atoms with Crippen LogP contribution >= 0.6 is 0 Å². The fourth-order valence-corrected chi connectivity index (χ4v) is 1.90. The number of carbonyl (C=O) groups excluding carboxylic acids is 2. The van der Waals surface area contributed by atoms with Crippen LogP contribution in [-0.4, -0.2) is 18.9 Å². The summed E-state index contributed by atoms with van der Waals surface area (Å²) in [5.41, 5.74) is 8.19. The van der Waals surface area contributed by atoms with Gasteiger partial charge in [0, 0.05) is 30.4 Å². The number of hydrogen-bond acceptors (Lipinski definition) is 3. The molecular formula is C16H17N3O2. The monoisotopic (exact) mass is 283 g/mol. The number of anilines is 1. The first-order chi connectivity index (χ1) is 10.1. The van der Waals surface area contributed by atoms with Crippen molar-refractivity contribution in [1.29, 1.82) is 0 Å². The molecule has 2 amide bonds. The average Bonchev–Trinajstić information content (AvgIpc) is 2.53. The third-order valence-electron chi connectivity index (χ3n) is 3.09. The molecule has 0 saturated carbocycles. The number of hydrogen-bond donors (Lipinski definition) is 3. The number of carbonyl (C=O) groups is 2. The van der Waals surface area contributed by atoms with Crippen LogP contribution < -0.4 is 16.4 Å². The predicted octanol–water partition coefficient (Wildman–Crippen LogP) is 1.76. The van der Waals surface area contributed by atoms with Crippen LogP contribution in [0.3, 0.4) is 0 Å². The quantitative estimate of drug-likeness (QED) is 0.781. The van der Waals surface area contributed by atoms with Crippen LogP contribution in [0.25, 0.3) is 0 Å². The molecule has 0 aliphatic rings. The maximum atomic E-state index is 11.4. The number of nitrogens with two attached hydrogens (primary N) is 1. The molecule has 0 bridgehead atoms. The van der Waals surface area contributed by atoms with Gasteiger partial charge in [0.15, 0.2) is 0 Å². The van der Waals surface area contributed by atoms with Crippen LogP contribution in [0.1, 0.15) is 26.3 Å². The Morgan fingerprint density at radius 1 is 1.05 bits per heavy atom. The fourth-order valence-electron chi connectivity index (χ4n) is 1.90. The highest BCUT2D eigenvalue weighted by molar-refractivity contribution is 5.94. The third kappa shape index (κ3) is 3.82. The summed E-state index contributed by atoms with van der Waals surface area (Å²) in [5, 5.41) is 5.79. The molecule has 0 aliphatic carbocycles. The summed E-state index contributed by atoms with van der Waals surface area (Å²) >= 11 is 0. The number of primary amides is 1. The van der Waals surface area contributed by atoms with Gasteiger partial charge in [-0.25, -0.2) is 0 Å². The van der Waals surface area contributed by atoms with Gasteiger partial charge in [-0.15, -0.1) is 0 Å². The van der Waals surface area contributed by atoms with Gasteiger partial charge in [-0.2, -0.15) is 0 Å². The van der Waals surface area contributed by atoms with E-state index in [1.807, 2.05) is 18.2 Å². The Labute approximate surface area is 123 Å². The summed E-state index contributed by atoms with van der Waals surface area (Å²) in [6, 6.07) is 14.3. The van der Waals surface area contributed by atoms with E-state index in [0.717, 1.165) is 11.3 Å². The van der Waals surface area contributed by atoms with E-state index >= 15 is 0 Å². The molecule has 0 aliphatic heterocycles. The van der Waals surface area contributed by atoms with E-state index in [1.165, 1.54) is 0 Å². The van der Waals surface area contributed by atoms with Crippen molar-refractivity contribution < 1.29 is 9.59 Å². The molecule has 0 radical (unpaired) electrons. The van der Waals surface area contributed by atoms with E-state index in [4.69, 9.17) is 5.73 Å². The maximum Gasteiger partial charge on any atom is 0.251 e. The normalized spacial score (nSPS) is 9.95. The van der Waals surface area contributed by atoms with Gasteiger partial charge in [0.2, 0.25) is 5.91 Å². The summed E-state index contributed by atoms with van der Waals surface area (Å²) in [6.07, 6.45) is 0. The van der Waals surface area contributed by atoms with Gasteiger partial charge in [0.05, 0.1) is 0 Å². The molecule has 0 spiro atoms. The first-order valence-electron chi connectivity index (χ1n) is 6.55. The van der Waals surface area contributed by atoms with E-state index in [1.54, 1.807) is 37.4 Å². The van der Waals surface area contributed by atoms with E-state index in [2.05, 4.69) is 10.6 Å². The zero-order chi connectivity index (χ0) is 15.2. The van der Waals surface area contributed by atoms with Crippen molar-refractivity contribution in [2.24, 2.45) is 5.73 Å². The summed E-state index contributed by atoms with van der Waals surface area (Å²) < 4.78 is 0. The molecule has 2 rings (SSSR count). The topological polar surface area (TPSA) is 84.2 Å². The maximum absolute atomic E-state index is 11.4. The molecule has 0 atom stereocenters. The largest absolute Gasteiger partial charge is 0.381 e. The Hall–Kier alpha value is -2.82. The lowest BCUT2D eigenvalue weighted by Gasteiger charge is -2.08. The number of rotatable bonds is 5. The molecule has 5 nitrogen and oxygen atoms in total. The Morgan fingerprint density at radius 3 is 2.38 bits per heavy atom. The van der Waals surface area contributed by atoms with Crippen LogP contribution in [0.15, 0.2) is 48.5 Å². The molecule has 21 heavy (non-hydrogen) atoms. The van der Waals surface area contributed by atoms with E-state index in [-0.39, 0.29) is 5.91 Å². The van der Waals surface area contributed by atoms with Crippen molar-refractivity contribution in [2.45, 2.75) is 6.54 Å². The predicted molar refractivity (Wildman–Crippen MR) is 82.1 cm³/mol. The molecule has 0 heterocycles. The highest BCUT2D eigenvalue weighted by Crippen LogP contribution is 2.12. The molecule has 0 saturated heterocycles. The highest BCUT2D eigenvalue weighted by atomic mass is 16.1. The van der Waals surface area contributed by atoms with Gasteiger partial charge in [-0.1, -0.05) is 18.2 Å². The molecule has 4 N–H and O–H groups in total. The van der Waals surface area contributed by atoms with Crippen molar-refractivity contribution in [2.75, 3.05) is 12.4 Å². The van der Waals surface area contributed by atoms with Gasteiger partial charge in [-0.3, -0.25) is 9.59 Å². The third-order valence-corrected chi connectivity index (χ3v) is 3.09. The van der Waals surface area contributed by atoms with Crippen molar-refractivity contribution in [3.63, 3.8) is 0 Å². The Morgan fingerprint density at radius 2 is 1.76 bits per heavy atom. The number of benzene rings is 2. The molecule has 5 heteroatoms. The summed E-state index contributed by atoms with van der Waals surface area (Å²) in [4.78, 5) is 22.5. The lowest BCUT2D eigenvalue weighted by atomic mass is 10.1. The highest BCUT2D eigenvalue weighted by Gasteiger charge is 2.03. The van der Waals surface area contributed by atoms with Crippen LogP contribution in [0, 0.1) is 0 Å². The van der Waals surface area contributed by atoms with Crippen LogP contribution in [-0.2, 0) is 6.54 Å². The van der Waals surface area contributed by atoms with Gasteiger partial charge >= 0.3 is 0 Å². The van der Waals surface area contributed by atoms with Gasteiger partial charge in [0.1, 0.15) is 0 Å². The minimum Gasteiger partial charge on any atom is -0.381 e. The molecule has 108 valence electrons. The van der Waals surface area contributed by atoms with E-state index in [9.17, 15) is 9.59 Å². The molecule has 0 aromatic heterocycles. The molecular weight excluding hydrogens is 266 g/mol. The molecule has 0 unspecified atom stereocenters. The van der Waals surface area contributed by atoms with E-state index in [0.29, 0.717) is 17.7 Å². The van der Waals surface area contributed by atoms with E-state index < -0.39 is 5.91 Å². The minimum atomic E-state index is -0.450. The first kappa shape index (κ1) is 14.6. The number of amides is 2. The summed E-state index contributed by atoms with van der Waals surface area (Å²) in [5.74, 6) is -0.558. The second-order valence-electron chi connectivity index (χ2n) is 4.57. The molecule has 2 aromatic rings. The first-order valence-corrected chi connectivity index (χ1v) is 6.55. The van der Waals surface area contributed by atoms with Gasteiger partial charge in [0.25, 0.3) is 5.91 Å². The van der Waals surface area contributed by atoms with Crippen molar-refractivity contribution in [1.82, 2.24) is 5.32 Å². The smallest absolute Gasteiger partial charge is 0.251 e. The SMILES string of the molecule is CNC(=O)c1ccc(CNc2cccc(C(N)=O)c2)cc1. The van der Waals surface area contributed by atoms with Gasteiger partial charge < -0.3 is 16.4 Å². The average molecular weight is 283 g/mol. The van der Waals surface area contributed by atoms with Gasteiger partial charge in [-0.05, 0) is 35.9 Å².